The van der Waals surface area contributed by atoms with E-state index >= 15 is 0 Å². The monoisotopic (exact) mass is 330 g/mol. The summed E-state index contributed by atoms with van der Waals surface area (Å²) in [4.78, 5) is 0. The minimum absolute atomic E-state index is 0.00768. The Labute approximate surface area is 130 Å². The zero-order chi connectivity index (χ0) is 15.6. The molecule has 114 valence electrons. The predicted molar refractivity (Wildman–Crippen MR) is 92.5 cm³/mol. The lowest BCUT2D eigenvalue weighted by molar-refractivity contribution is 0.0550. The molecule has 0 unspecified atom stereocenters. The molecule has 5 heteroatoms. The van der Waals surface area contributed by atoms with Crippen molar-refractivity contribution in [1.29, 1.82) is 0 Å². The van der Waals surface area contributed by atoms with Gasteiger partial charge in [-0.3, -0.25) is 0 Å². The average molecular weight is 331 g/mol. The maximum absolute atomic E-state index is 6.36. The van der Waals surface area contributed by atoms with Crippen molar-refractivity contribution in [3.63, 3.8) is 0 Å². The first-order valence-electron chi connectivity index (χ1n) is 7.10. The van der Waals surface area contributed by atoms with Crippen LogP contribution in [0.15, 0.2) is 24.3 Å². The van der Waals surface area contributed by atoms with Crippen LogP contribution in [-0.4, -0.2) is 22.7 Å². The molecule has 0 aliphatic rings. The minimum Gasteiger partial charge on any atom is -0.412 e. The lowest BCUT2D eigenvalue weighted by Gasteiger charge is -2.35. The van der Waals surface area contributed by atoms with Gasteiger partial charge in [0.05, 0.1) is 12.2 Å². The van der Waals surface area contributed by atoms with Crippen molar-refractivity contribution in [2.45, 2.75) is 58.4 Å². The Morgan fingerprint density at radius 3 is 1.85 bits per heavy atom. The highest BCUT2D eigenvalue weighted by Crippen LogP contribution is 2.33. The molecule has 0 fully saturated rings. The molecule has 0 N–H and O–H groups in total. The number of halogens is 1. The number of hydrogen-bond acceptors (Lipinski definition) is 2. The third-order valence-corrected chi connectivity index (χ3v) is 5.04. The lowest BCUT2D eigenvalue weighted by Crippen LogP contribution is -2.38. The van der Waals surface area contributed by atoms with E-state index in [9.17, 15) is 0 Å². The summed E-state index contributed by atoms with van der Waals surface area (Å²) in [6.07, 6.45) is -0.0876. The predicted octanol–water partition coefficient (Wildman–Crippen LogP) is 5.47. The molecule has 0 amide bonds. The van der Waals surface area contributed by atoms with E-state index in [1.807, 2.05) is 24.3 Å². The summed E-state index contributed by atoms with van der Waals surface area (Å²) in [6.45, 7) is 15.3. The second-order valence-electron chi connectivity index (χ2n) is 7.11. The molecule has 0 saturated carbocycles. The van der Waals surface area contributed by atoms with Crippen molar-refractivity contribution in [2.24, 2.45) is 0 Å². The molecule has 20 heavy (non-hydrogen) atoms. The second kappa shape index (κ2) is 6.75. The first-order valence-corrected chi connectivity index (χ1v) is 14.3. The van der Waals surface area contributed by atoms with Crippen LogP contribution in [0.4, 0.5) is 0 Å². The Bertz CT molecular complexity index is 438. The number of benzene rings is 1. The van der Waals surface area contributed by atoms with Crippen LogP contribution in [-0.2, 0) is 8.85 Å². The van der Waals surface area contributed by atoms with Gasteiger partial charge in [-0.05, 0) is 52.3 Å². The summed E-state index contributed by atoms with van der Waals surface area (Å²) < 4.78 is 12.6. The van der Waals surface area contributed by atoms with Crippen LogP contribution in [0.3, 0.4) is 0 Å². The van der Waals surface area contributed by atoms with Crippen LogP contribution in [0.2, 0.25) is 44.3 Å². The molecule has 1 rings (SSSR count). The zero-order valence-corrected chi connectivity index (χ0v) is 16.4. The smallest absolute Gasteiger partial charge is 0.184 e. The Balaban J connectivity index is 3.06. The van der Waals surface area contributed by atoms with E-state index in [1.54, 1.807) is 0 Å². The first-order chi connectivity index (χ1) is 8.99. The Hall–Kier alpha value is -0.136. The molecular weight excluding hydrogens is 304 g/mol. The van der Waals surface area contributed by atoms with Gasteiger partial charge < -0.3 is 8.85 Å². The average Bonchev–Trinajstić information content (AvgIpc) is 2.23. The van der Waals surface area contributed by atoms with E-state index in [-0.39, 0.29) is 12.2 Å². The topological polar surface area (TPSA) is 18.5 Å². The molecule has 1 aromatic rings. The van der Waals surface area contributed by atoms with Gasteiger partial charge in [0.2, 0.25) is 0 Å². The summed E-state index contributed by atoms with van der Waals surface area (Å²) in [5, 5.41) is 0.752. The van der Waals surface area contributed by atoms with Gasteiger partial charge in [0.25, 0.3) is 0 Å². The Morgan fingerprint density at radius 2 is 1.40 bits per heavy atom. The molecule has 0 aliphatic carbocycles. The van der Waals surface area contributed by atoms with Crippen molar-refractivity contribution in [1.82, 2.24) is 0 Å². The molecular formula is C15H27ClO2Si2. The molecule has 0 aromatic heterocycles. The number of hydrogen-bond donors (Lipinski definition) is 0. The van der Waals surface area contributed by atoms with Crippen molar-refractivity contribution < 1.29 is 8.85 Å². The molecule has 2 nitrogen and oxygen atoms in total. The molecule has 0 radical (unpaired) electrons. The number of rotatable bonds is 6. The van der Waals surface area contributed by atoms with Gasteiger partial charge in [-0.15, -0.1) is 0 Å². The summed E-state index contributed by atoms with van der Waals surface area (Å²) >= 11 is 6.35. The molecule has 0 saturated heterocycles. The van der Waals surface area contributed by atoms with Gasteiger partial charge in [0.15, 0.2) is 16.6 Å². The molecule has 0 spiro atoms. The van der Waals surface area contributed by atoms with Crippen molar-refractivity contribution in [2.75, 3.05) is 0 Å². The lowest BCUT2D eigenvalue weighted by atomic mass is 10.1. The van der Waals surface area contributed by atoms with Gasteiger partial charge in [-0.25, -0.2) is 0 Å². The van der Waals surface area contributed by atoms with Gasteiger partial charge in [-0.1, -0.05) is 29.8 Å². The summed E-state index contributed by atoms with van der Waals surface area (Å²) in [5.74, 6) is 0. The maximum Gasteiger partial charge on any atom is 0.184 e. The van der Waals surface area contributed by atoms with E-state index in [2.05, 4.69) is 46.2 Å². The Morgan fingerprint density at radius 1 is 0.900 bits per heavy atom. The van der Waals surface area contributed by atoms with E-state index < -0.39 is 16.6 Å². The van der Waals surface area contributed by atoms with Gasteiger partial charge in [0, 0.05) is 10.6 Å². The molecule has 0 bridgehead atoms. The normalized spacial score (nSPS) is 16.0. The molecule has 2 atom stereocenters. The van der Waals surface area contributed by atoms with E-state index in [4.69, 9.17) is 20.5 Å². The van der Waals surface area contributed by atoms with Crippen LogP contribution in [0.25, 0.3) is 0 Å². The van der Waals surface area contributed by atoms with Crippen LogP contribution >= 0.6 is 11.6 Å². The maximum atomic E-state index is 6.36. The van der Waals surface area contributed by atoms with Gasteiger partial charge >= 0.3 is 0 Å². The molecule has 1 aromatic carbocycles. The summed E-state index contributed by atoms with van der Waals surface area (Å²) in [6, 6.07) is 7.90. The summed E-state index contributed by atoms with van der Waals surface area (Å²) in [7, 11) is -3.30. The van der Waals surface area contributed by atoms with Gasteiger partial charge in [-0.2, -0.15) is 0 Å². The highest BCUT2D eigenvalue weighted by molar-refractivity contribution is 6.70. The largest absolute Gasteiger partial charge is 0.412 e. The highest BCUT2D eigenvalue weighted by atomic mass is 35.5. The summed E-state index contributed by atoms with van der Waals surface area (Å²) in [5.41, 5.74) is 1.03. The fraction of sp³-hybridized carbons (Fsp3) is 0.600. The molecule has 0 heterocycles. The minimum atomic E-state index is -1.69. The first kappa shape index (κ1) is 17.9. The quantitative estimate of drug-likeness (QED) is 0.643. The zero-order valence-electron chi connectivity index (χ0n) is 13.7. The van der Waals surface area contributed by atoms with Crippen molar-refractivity contribution in [3.8, 4) is 0 Å². The van der Waals surface area contributed by atoms with Crippen molar-refractivity contribution >= 4 is 28.2 Å². The van der Waals surface area contributed by atoms with E-state index in [1.165, 1.54) is 0 Å². The van der Waals surface area contributed by atoms with Crippen LogP contribution in [0.1, 0.15) is 18.6 Å². The standard InChI is InChI=1S/C15H27ClO2Si2/c1-12(17-19(2,3)4)15(18-20(5,6)7)13-10-8-9-11-14(13)16/h8-12,15H,1-7H3/t12-,15-/m1/s1. The Kier molecular flexibility index (Phi) is 6.05. The fourth-order valence-corrected chi connectivity index (χ4v) is 4.68. The highest BCUT2D eigenvalue weighted by Gasteiger charge is 2.31. The SMILES string of the molecule is C[C@@H](O[Si](C)(C)C)[C@@H](O[Si](C)(C)C)c1ccccc1Cl. The molecule has 0 aliphatic heterocycles. The van der Waals surface area contributed by atoms with Crippen molar-refractivity contribution in [3.05, 3.63) is 34.9 Å². The van der Waals surface area contributed by atoms with Crippen LogP contribution in [0.5, 0.6) is 0 Å². The third kappa shape index (κ3) is 6.10. The van der Waals surface area contributed by atoms with Gasteiger partial charge in [0.1, 0.15) is 0 Å². The second-order valence-corrected chi connectivity index (χ2v) is 16.4. The fourth-order valence-electron chi connectivity index (χ4n) is 2.12. The van der Waals surface area contributed by atoms with Crippen LogP contribution < -0.4 is 0 Å². The third-order valence-electron chi connectivity index (χ3n) is 2.66. The van der Waals surface area contributed by atoms with E-state index in [0.29, 0.717) is 0 Å². The van der Waals surface area contributed by atoms with Crippen LogP contribution in [0, 0.1) is 0 Å². The van der Waals surface area contributed by atoms with E-state index in [0.717, 1.165) is 10.6 Å².